The van der Waals surface area contributed by atoms with Gasteiger partial charge < -0.3 is 10.0 Å². The van der Waals surface area contributed by atoms with Crippen molar-refractivity contribution in [3.8, 4) is 0 Å². The van der Waals surface area contributed by atoms with E-state index in [4.69, 9.17) is 23.2 Å². The molecule has 1 aromatic heterocycles. The van der Waals surface area contributed by atoms with Crippen LogP contribution in [0.5, 0.6) is 0 Å². The fraction of sp³-hybridized carbons (Fsp3) is 0.125. The monoisotopic (exact) mass is 452 g/mol. The lowest BCUT2D eigenvalue weighted by Crippen LogP contribution is -2.29. The van der Waals surface area contributed by atoms with Gasteiger partial charge in [0.25, 0.3) is 11.7 Å². The van der Waals surface area contributed by atoms with Crippen molar-refractivity contribution in [1.82, 2.24) is 9.88 Å². The first-order chi connectivity index (χ1) is 14.9. The molecule has 2 aromatic carbocycles. The van der Waals surface area contributed by atoms with E-state index in [1.165, 1.54) is 4.90 Å². The second-order valence-corrected chi connectivity index (χ2v) is 8.16. The number of rotatable bonds is 4. The number of hydrogen-bond donors (Lipinski definition) is 1. The van der Waals surface area contributed by atoms with Crippen LogP contribution in [0.25, 0.3) is 5.76 Å². The Hall–Kier alpha value is -3.15. The van der Waals surface area contributed by atoms with Crippen molar-refractivity contribution in [2.45, 2.75) is 19.5 Å². The predicted molar refractivity (Wildman–Crippen MR) is 120 cm³/mol. The molecule has 4 rings (SSSR count). The fourth-order valence-corrected chi connectivity index (χ4v) is 4.16. The Morgan fingerprint density at radius 3 is 2.48 bits per heavy atom. The predicted octanol–water partition coefficient (Wildman–Crippen LogP) is 5.32. The lowest BCUT2D eigenvalue weighted by Gasteiger charge is -2.26. The molecule has 3 aromatic rings. The Morgan fingerprint density at radius 1 is 1.10 bits per heavy atom. The van der Waals surface area contributed by atoms with E-state index in [-0.39, 0.29) is 17.9 Å². The maximum Gasteiger partial charge on any atom is 0.295 e. The molecule has 0 aliphatic carbocycles. The minimum Gasteiger partial charge on any atom is -0.507 e. The van der Waals surface area contributed by atoms with E-state index >= 15 is 0 Å². The fourth-order valence-electron chi connectivity index (χ4n) is 3.64. The highest BCUT2D eigenvalue weighted by Crippen LogP contribution is 2.43. The van der Waals surface area contributed by atoms with Crippen LogP contribution in [0.15, 0.2) is 72.6 Å². The molecule has 1 unspecified atom stereocenters. The summed E-state index contributed by atoms with van der Waals surface area (Å²) < 4.78 is 0. The van der Waals surface area contributed by atoms with Crippen LogP contribution in [0.4, 0.5) is 0 Å². The van der Waals surface area contributed by atoms with Crippen LogP contribution in [0.3, 0.4) is 0 Å². The van der Waals surface area contributed by atoms with E-state index < -0.39 is 17.7 Å². The number of benzene rings is 2. The number of aliphatic hydroxyl groups excluding tert-OH is 1. The molecular weight excluding hydrogens is 435 g/mol. The number of halogens is 2. The van der Waals surface area contributed by atoms with E-state index in [1.54, 1.807) is 48.8 Å². The average Bonchev–Trinajstić information content (AvgIpc) is 2.99. The number of ketones is 1. The molecule has 31 heavy (non-hydrogen) atoms. The Morgan fingerprint density at radius 2 is 1.84 bits per heavy atom. The van der Waals surface area contributed by atoms with Crippen molar-refractivity contribution in [1.29, 1.82) is 0 Å². The Kier molecular flexibility index (Phi) is 5.81. The van der Waals surface area contributed by atoms with Gasteiger partial charge in [-0.15, -0.1) is 0 Å². The van der Waals surface area contributed by atoms with Gasteiger partial charge in [0.15, 0.2) is 0 Å². The Bertz CT molecular complexity index is 1190. The number of aryl methyl sites for hydroxylation is 1. The summed E-state index contributed by atoms with van der Waals surface area (Å²) in [5, 5.41) is 11.8. The number of nitrogens with zero attached hydrogens (tertiary/aromatic N) is 2. The van der Waals surface area contributed by atoms with E-state index in [0.29, 0.717) is 21.2 Å². The number of aliphatic hydroxyl groups is 1. The first-order valence-electron chi connectivity index (χ1n) is 9.56. The molecule has 1 saturated heterocycles. The van der Waals surface area contributed by atoms with E-state index in [1.807, 2.05) is 25.1 Å². The zero-order valence-electron chi connectivity index (χ0n) is 16.5. The van der Waals surface area contributed by atoms with Gasteiger partial charge in [0.05, 0.1) is 11.6 Å². The zero-order chi connectivity index (χ0) is 22.1. The molecule has 1 atom stereocenters. The summed E-state index contributed by atoms with van der Waals surface area (Å²) in [5.74, 6) is -1.73. The third kappa shape index (κ3) is 4.07. The van der Waals surface area contributed by atoms with Crippen molar-refractivity contribution >= 4 is 40.7 Å². The summed E-state index contributed by atoms with van der Waals surface area (Å²) in [7, 11) is 0. The summed E-state index contributed by atoms with van der Waals surface area (Å²) in [4.78, 5) is 31.5. The molecule has 1 aliphatic rings. The summed E-state index contributed by atoms with van der Waals surface area (Å²) in [5.41, 5.74) is 2.69. The molecule has 0 bridgehead atoms. The normalized spacial score (nSPS) is 17.9. The molecule has 2 heterocycles. The summed E-state index contributed by atoms with van der Waals surface area (Å²) in [6.45, 7) is 2.05. The molecule has 0 saturated carbocycles. The average molecular weight is 453 g/mol. The van der Waals surface area contributed by atoms with Crippen LogP contribution in [-0.4, -0.2) is 26.7 Å². The van der Waals surface area contributed by atoms with Crippen molar-refractivity contribution in [2.24, 2.45) is 0 Å². The standard InChI is InChI=1S/C24H18Cl2N2O3/c1-14-4-6-16(7-5-14)22(29)20-21(18-9-8-17(25)11-19(18)26)28(24(31)23(20)30)13-15-3-2-10-27-12-15/h2-12,21,29H,13H2,1H3/b22-20-. The van der Waals surface area contributed by atoms with Crippen LogP contribution < -0.4 is 0 Å². The lowest BCUT2D eigenvalue weighted by atomic mass is 9.95. The molecule has 1 fully saturated rings. The first kappa shape index (κ1) is 21.1. The van der Waals surface area contributed by atoms with Gasteiger partial charge in [-0.05, 0) is 36.2 Å². The lowest BCUT2D eigenvalue weighted by molar-refractivity contribution is -0.140. The number of likely N-dealkylation sites (tertiary alicyclic amines) is 1. The third-order valence-corrected chi connectivity index (χ3v) is 5.76. The molecular formula is C24H18Cl2N2O3. The topological polar surface area (TPSA) is 70.5 Å². The number of carbonyl (C=O) groups is 2. The first-order valence-corrected chi connectivity index (χ1v) is 10.3. The van der Waals surface area contributed by atoms with Crippen LogP contribution in [0.2, 0.25) is 10.0 Å². The number of Topliss-reactive ketones (excluding diaryl/α,β-unsaturated/α-hetero) is 1. The molecule has 1 amide bonds. The van der Waals surface area contributed by atoms with Crippen LogP contribution in [-0.2, 0) is 16.1 Å². The van der Waals surface area contributed by atoms with E-state index in [0.717, 1.165) is 11.1 Å². The number of aromatic nitrogens is 1. The van der Waals surface area contributed by atoms with Crippen molar-refractivity contribution in [3.63, 3.8) is 0 Å². The van der Waals surface area contributed by atoms with Gasteiger partial charge in [0, 0.05) is 34.5 Å². The second kappa shape index (κ2) is 8.53. The maximum atomic E-state index is 13.1. The molecule has 5 nitrogen and oxygen atoms in total. The highest BCUT2D eigenvalue weighted by atomic mass is 35.5. The molecule has 1 N–H and O–H groups in total. The van der Waals surface area contributed by atoms with Gasteiger partial charge in [-0.3, -0.25) is 14.6 Å². The summed E-state index contributed by atoms with van der Waals surface area (Å²) in [6, 6.07) is 14.6. The largest absolute Gasteiger partial charge is 0.507 e. The highest BCUT2D eigenvalue weighted by molar-refractivity contribution is 6.47. The quantitative estimate of drug-likeness (QED) is 0.330. The molecule has 1 aliphatic heterocycles. The van der Waals surface area contributed by atoms with Crippen molar-refractivity contribution < 1.29 is 14.7 Å². The Balaban J connectivity index is 1.89. The Labute approximate surface area is 189 Å². The number of carbonyl (C=O) groups excluding carboxylic acids is 2. The van der Waals surface area contributed by atoms with Gasteiger partial charge in [-0.25, -0.2) is 0 Å². The van der Waals surface area contributed by atoms with Gasteiger partial charge in [0.2, 0.25) is 0 Å². The van der Waals surface area contributed by atoms with Gasteiger partial charge in [-0.2, -0.15) is 0 Å². The smallest absolute Gasteiger partial charge is 0.295 e. The number of pyridine rings is 1. The van der Waals surface area contributed by atoms with Crippen LogP contribution in [0, 0.1) is 6.92 Å². The highest BCUT2D eigenvalue weighted by Gasteiger charge is 2.46. The van der Waals surface area contributed by atoms with Crippen molar-refractivity contribution in [2.75, 3.05) is 0 Å². The van der Waals surface area contributed by atoms with Gasteiger partial charge in [-0.1, -0.05) is 65.2 Å². The third-order valence-electron chi connectivity index (χ3n) is 5.20. The maximum absolute atomic E-state index is 13.1. The second-order valence-electron chi connectivity index (χ2n) is 7.32. The minimum absolute atomic E-state index is 0.0121. The van der Waals surface area contributed by atoms with Crippen LogP contribution >= 0.6 is 23.2 Å². The molecule has 0 spiro atoms. The molecule has 0 radical (unpaired) electrons. The number of amides is 1. The molecule has 156 valence electrons. The molecule has 7 heteroatoms. The van der Waals surface area contributed by atoms with Crippen LogP contribution in [0.1, 0.15) is 28.3 Å². The zero-order valence-corrected chi connectivity index (χ0v) is 18.1. The summed E-state index contributed by atoms with van der Waals surface area (Å²) in [6.07, 6.45) is 3.25. The SMILES string of the molecule is Cc1ccc(/C(O)=C2/C(=O)C(=O)N(Cc3cccnc3)C2c2ccc(Cl)cc2Cl)cc1. The van der Waals surface area contributed by atoms with E-state index in [9.17, 15) is 14.7 Å². The summed E-state index contributed by atoms with van der Waals surface area (Å²) >= 11 is 12.5. The minimum atomic E-state index is -0.869. The van der Waals surface area contributed by atoms with Gasteiger partial charge >= 0.3 is 0 Å². The van der Waals surface area contributed by atoms with Crippen molar-refractivity contribution in [3.05, 3.63) is 105 Å². The van der Waals surface area contributed by atoms with E-state index in [2.05, 4.69) is 4.98 Å². The van der Waals surface area contributed by atoms with Gasteiger partial charge in [0.1, 0.15) is 5.76 Å². The number of hydrogen-bond acceptors (Lipinski definition) is 4.